The lowest BCUT2D eigenvalue weighted by molar-refractivity contribution is 0.548. The molecule has 98 valence electrons. The Morgan fingerprint density at radius 2 is 2.17 bits per heavy atom. The molecule has 0 bridgehead atoms. The van der Waals surface area contributed by atoms with Gasteiger partial charge in [-0.05, 0) is 30.7 Å². The fraction of sp³-hybridized carbons (Fsp3) is 0.500. The molecule has 2 aromatic rings. The number of hydrogen-bond donors (Lipinski definition) is 1. The fourth-order valence-corrected chi connectivity index (χ4v) is 2.20. The standard InChI is InChI=1S/C14H20ClN3/c1-10(2)9-16-7-6-14-17-12-8-11(15)4-5-13(12)18(14)3/h4-5,8,10,16H,6-7,9H2,1-3H3. The summed E-state index contributed by atoms with van der Waals surface area (Å²) in [5, 5.41) is 4.18. The minimum absolute atomic E-state index is 0.684. The topological polar surface area (TPSA) is 29.9 Å². The molecule has 0 aliphatic carbocycles. The fourth-order valence-electron chi connectivity index (χ4n) is 2.04. The van der Waals surface area contributed by atoms with Crippen LogP contribution in [0.25, 0.3) is 11.0 Å². The van der Waals surface area contributed by atoms with E-state index in [2.05, 4.69) is 35.8 Å². The van der Waals surface area contributed by atoms with Gasteiger partial charge in [0.05, 0.1) is 11.0 Å². The van der Waals surface area contributed by atoms with Crippen molar-refractivity contribution in [2.45, 2.75) is 20.3 Å². The van der Waals surface area contributed by atoms with Crippen molar-refractivity contribution in [2.24, 2.45) is 13.0 Å². The molecule has 1 heterocycles. The highest BCUT2D eigenvalue weighted by Gasteiger charge is 2.07. The molecule has 0 spiro atoms. The van der Waals surface area contributed by atoms with Crippen molar-refractivity contribution >= 4 is 22.6 Å². The average Bonchev–Trinajstić information content (AvgIpc) is 2.61. The zero-order valence-electron chi connectivity index (χ0n) is 11.2. The molecule has 0 atom stereocenters. The molecule has 0 saturated carbocycles. The summed E-state index contributed by atoms with van der Waals surface area (Å²) in [6, 6.07) is 5.85. The summed E-state index contributed by atoms with van der Waals surface area (Å²) in [4.78, 5) is 4.63. The first-order valence-electron chi connectivity index (χ1n) is 6.39. The van der Waals surface area contributed by atoms with E-state index in [0.717, 1.165) is 41.4 Å². The third-order valence-electron chi connectivity index (χ3n) is 3.01. The Kier molecular flexibility index (Phi) is 4.25. The lowest BCUT2D eigenvalue weighted by Crippen LogP contribution is -2.23. The zero-order chi connectivity index (χ0) is 13.1. The van der Waals surface area contributed by atoms with Crippen LogP contribution in [0.3, 0.4) is 0 Å². The highest BCUT2D eigenvalue weighted by Crippen LogP contribution is 2.19. The minimum Gasteiger partial charge on any atom is -0.331 e. The van der Waals surface area contributed by atoms with E-state index in [1.807, 2.05) is 18.2 Å². The van der Waals surface area contributed by atoms with Gasteiger partial charge in [-0.3, -0.25) is 0 Å². The summed E-state index contributed by atoms with van der Waals surface area (Å²) in [5.74, 6) is 1.78. The second-order valence-electron chi connectivity index (χ2n) is 5.07. The van der Waals surface area contributed by atoms with Crippen LogP contribution in [-0.2, 0) is 13.5 Å². The van der Waals surface area contributed by atoms with Gasteiger partial charge in [0.25, 0.3) is 0 Å². The predicted molar refractivity (Wildman–Crippen MR) is 77.1 cm³/mol. The van der Waals surface area contributed by atoms with Crippen LogP contribution in [0.2, 0.25) is 5.02 Å². The quantitative estimate of drug-likeness (QED) is 0.843. The normalized spacial score (nSPS) is 11.6. The van der Waals surface area contributed by atoms with Crippen LogP contribution in [0.5, 0.6) is 0 Å². The number of benzene rings is 1. The van der Waals surface area contributed by atoms with E-state index >= 15 is 0 Å². The van der Waals surface area contributed by atoms with Crippen LogP contribution in [0.15, 0.2) is 18.2 Å². The van der Waals surface area contributed by atoms with Gasteiger partial charge in [-0.2, -0.15) is 0 Å². The average molecular weight is 266 g/mol. The molecule has 0 radical (unpaired) electrons. The first-order valence-corrected chi connectivity index (χ1v) is 6.77. The molecule has 1 aromatic heterocycles. The van der Waals surface area contributed by atoms with E-state index in [0.29, 0.717) is 5.92 Å². The number of halogens is 1. The Morgan fingerprint density at radius 1 is 1.39 bits per heavy atom. The predicted octanol–water partition coefficient (Wildman–Crippen LogP) is 3.01. The monoisotopic (exact) mass is 265 g/mol. The van der Waals surface area contributed by atoms with Crippen LogP contribution in [0, 0.1) is 5.92 Å². The van der Waals surface area contributed by atoms with Crippen LogP contribution in [-0.4, -0.2) is 22.6 Å². The molecule has 0 aliphatic heterocycles. The minimum atomic E-state index is 0.684. The Balaban J connectivity index is 2.07. The van der Waals surface area contributed by atoms with Crippen molar-refractivity contribution in [3.63, 3.8) is 0 Å². The lowest BCUT2D eigenvalue weighted by atomic mass is 10.2. The van der Waals surface area contributed by atoms with Gasteiger partial charge in [0.15, 0.2) is 0 Å². The van der Waals surface area contributed by atoms with Crippen molar-refractivity contribution in [1.29, 1.82) is 0 Å². The molecular formula is C14H20ClN3. The number of aromatic nitrogens is 2. The number of nitrogens with one attached hydrogen (secondary N) is 1. The SMILES string of the molecule is CC(C)CNCCc1nc2cc(Cl)ccc2n1C. The molecule has 18 heavy (non-hydrogen) atoms. The highest BCUT2D eigenvalue weighted by atomic mass is 35.5. The molecule has 0 fully saturated rings. The largest absolute Gasteiger partial charge is 0.331 e. The van der Waals surface area contributed by atoms with Gasteiger partial charge >= 0.3 is 0 Å². The van der Waals surface area contributed by atoms with Gasteiger partial charge in [-0.25, -0.2) is 4.98 Å². The molecule has 3 nitrogen and oxygen atoms in total. The summed E-state index contributed by atoms with van der Waals surface area (Å²) in [7, 11) is 2.06. The summed E-state index contributed by atoms with van der Waals surface area (Å²) >= 11 is 5.98. The number of nitrogens with zero attached hydrogens (tertiary/aromatic N) is 2. The van der Waals surface area contributed by atoms with Crippen LogP contribution in [0.4, 0.5) is 0 Å². The summed E-state index contributed by atoms with van der Waals surface area (Å²) in [6.07, 6.45) is 0.940. The molecule has 0 amide bonds. The van der Waals surface area contributed by atoms with Gasteiger partial charge in [-0.1, -0.05) is 25.4 Å². The van der Waals surface area contributed by atoms with Crippen molar-refractivity contribution in [1.82, 2.24) is 14.9 Å². The number of rotatable bonds is 5. The maximum Gasteiger partial charge on any atom is 0.110 e. The number of hydrogen-bond acceptors (Lipinski definition) is 2. The van der Waals surface area contributed by atoms with E-state index in [1.54, 1.807) is 0 Å². The second-order valence-corrected chi connectivity index (χ2v) is 5.50. The van der Waals surface area contributed by atoms with Crippen molar-refractivity contribution in [3.8, 4) is 0 Å². The number of aryl methyl sites for hydroxylation is 1. The maximum absolute atomic E-state index is 5.98. The number of imidazole rings is 1. The van der Waals surface area contributed by atoms with Crippen molar-refractivity contribution in [3.05, 3.63) is 29.0 Å². The van der Waals surface area contributed by atoms with Gasteiger partial charge in [0.1, 0.15) is 5.82 Å². The van der Waals surface area contributed by atoms with E-state index in [-0.39, 0.29) is 0 Å². The van der Waals surface area contributed by atoms with Gasteiger partial charge in [-0.15, -0.1) is 0 Å². The molecule has 0 saturated heterocycles. The lowest BCUT2D eigenvalue weighted by Gasteiger charge is -2.07. The third-order valence-corrected chi connectivity index (χ3v) is 3.25. The summed E-state index contributed by atoms with van der Waals surface area (Å²) in [5.41, 5.74) is 2.11. The molecule has 0 aliphatic rings. The van der Waals surface area contributed by atoms with E-state index in [1.165, 1.54) is 0 Å². The Bertz CT molecular complexity index is 531. The highest BCUT2D eigenvalue weighted by molar-refractivity contribution is 6.31. The van der Waals surface area contributed by atoms with Crippen LogP contribution in [0.1, 0.15) is 19.7 Å². The van der Waals surface area contributed by atoms with Crippen molar-refractivity contribution in [2.75, 3.05) is 13.1 Å². The van der Waals surface area contributed by atoms with Crippen molar-refractivity contribution < 1.29 is 0 Å². The second kappa shape index (κ2) is 5.72. The molecule has 4 heteroatoms. The smallest absolute Gasteiger partial charge is 0.110 e. The Morgan fingerprint density at radius 3 is 2.89 bits per heavy atom. The molecule has 0 unspecified atom stereocenters. The van der Waals surface area contributed by atoms with Gasteiger partial charge < -0.3 is 9.88 Å². The number of fused-ring (bicyclic) bond motifs is 1. The molecular weight excluding hydrogens is 246 g/mol. The molecule has 1 N–H and O–H groups in total. The van der Waals surface area contributed by atoms with Gasteiger partial charge in [0, 0.05) is 25.0 Å². The third kappa shape index (κ3) is 3.03. The summed E-state index contributed by atoms with van der Waals surface area (Å²) in [6.45, 7) is 6.44. The zero-order valence-corrected chi connectivity index (χ0v) is 12.0. The molecule has 2 rings (SSSR count). The van der Waals surface area contributed by atoms with E-state index in [9.17, 15) is 0 Å². The van der Waals surface area contributed by atoms with E-state index in [4.69, 9.17) is 11.6 Å². The first-order chi connectivity index (χ1) is 8.58. The van der Waals surface area contributed by atoms with Gasteiger partial charge in [0.2, 0.25) is 0 Å². The molecule has 1 aromatic carbocycles. The van der Waals surface area contributed by atoms with Crippen LogP contribution < -0.4 is 5.32 Å². The maximum atomic E-state index is 5.98. The first kappa shape index (κ1) is 13.4. The Labute approximate surface area is 113 Å². The van der Waals surface area contributed by atoms with Crippen LogP contribution >= 0.6 is 11.6 Å². The Hall–Kier alpha value is -1.06. The summed E-state index contributed by atoms with van der Waals surface area (Å²) < 4.78 is 2.14. The van der Waals surface area contributed by atoms with E-state index < -0.39 is 0 Å².